The maximum Gasteiger partial charge on any atom is 0.313 e. The number of rotatable bonds is 7. The van der Waals surface area contributed by atoms with Crippen LogP contribution in [0.1, 0.15) is 60.8 Å². The summed E-state index contributed by atoms with van der Waals surface area (Å²) in [5, 5.41) is 0. The van der Waals surface area contributed by atoms with Crippen LogP contribution in [0, 0.1) is 5.92 Å². The summed E-state index contributed by atoms with van der Waals surface area (Å²) in [6.07, 6.45) is -1.37. The lowest BCUT2D eigenvalue weighted by atomic mass is 9.97. The maximum absolute atomic E-state index is 13.5. The number of hydrogen-bond donors (Lipinski definition) is 1. The van der Waals surface area contributed by atoms with Gasteiger partial charge in [-0.1, -0.05) is 12.2 Å². The normalized spacial score (nSPS) is 14.8. The van der Waals surface area contributed by atoms with Crippen molar-refractivity contribution in [3.63, 3.8) is 0 Å². The van der Waals surface area contributed by atoms with Gasteiger partial charge in [-0.2, -0.15) is 0 Å². The quantitative estimate of drug-likeness (QED) is 0.440. The third-order valence-electron chi connectivity index (χ3n) is 2.72. The summed E-state index contributed by atoms with van der Waals surface area (Å²) in [6, 6.07) is 0. The van der Waals surface area contributed by atoms with Gasteiger partial charge in [0.05, 0.1) is 6.42 Å². The highest BCUT2D eigenvalue weighted by Crippen LogP contribution is 2.22. The molecule has 0 fully saturated rings. The predicted octanol–water partition coefficient (Wildman–Crippen LogP) is 3.27. The number of hydrogen-bond acceptors (Lipinski definition) is 5. The number of carbonyl (C=O) groups is 2. The molecule has 2 unspecified atom stereocenters. The largest absolute Gasteiger partial charge is 0.460 e. The van der Waals surface area contributed by atoms with Crippen molar-refractivity contribution in [2.45, 2.75) is 78.3 Å². The molecule has 0 aliphatic heterocycles. The van der Waals surface area contributed by atoms with Crippen LogP contribution in [0.2, 0.25) is 0 Å². The van der Waals surface area contributed by atoms with Gasteiger partial charge < -0.3 is 15.2 Å². The van der Waals surface area contributed by atoms with E-state index in [2.05, 4.69) is 6.58 Å². The van der Waals surface area contributed by atoms with Gasteiger partial charge in [-0.25, -0.2) is 4.39 Å². The summed E-state index contributed by atoms with van der Waals surface area (Å²) < 4.78 is 23.8. The van der Waals surface area contributed by atoms with E-state index < -0.39 is 35.4 Å². The molecule has 0 aliphatic rings. The van der Waals surface area contributed by atoms with Crippen LogP contribution < -0.4 is 5.73 Å². The van der Waals surface area contributed by atoms with Crippen LogP contribution in [0.3, 0.4) is 0 Å². The maximum atomic E-state index is 13.5. The van der Waals surface area contributed by atoms with Gasteiger partial charge in [0, 0.05) is 0 Å². The van der Waals surface area contributed by atoms with E-state index >= 15 is 0 Å². The van der Waals surface area contributed by atoms with Gasteiger partial charge in [0.2, 0.25) is 0 Å². The van der Waals surface area contributed by atoms with Gasteiger partial charge >= 0.3 is 11.9 Å². The molecule has 5 nitrogen and oxygen atoms in total. The average molecular weight is 331 g/mol. The standard InChI is InChI=1S/C17H30FNO4/c1-11(10-13(20)22-16(2,3)4)8-9-12(14(18)19)15(21)23-17(5,6)7/h12,14H,1,8-10,19H2,2-7H3. The predicted molar refractivity (Wildman–Crippen MR) is 87.3 cm³/mol. The van der Waals surface area contributed by atoms with E-state index in [0.717, 1.165) is 0 Å². The van der Waals surface area contributed by atoms with Gasteiger partial charge in [0.15, 0.2) is 6.30 Å². The summed E-state index contributed by atoms with van der Waals surface area (Å²) in [5.74, 6) is -2.16. The molecular formula is C17H30FNO4. The SMILES string of the molecule is C=C(CCC(C(=O)OC(C)(C)C)C(N)F)CC(=O)OC(C)(C)C. The first-order valence-corrected chi connectivity index (χ1v) is 7.72. The van der Waals surface area contributed by atoms with Crippen molar-refractivity contribution in [1.82, 2.24) is 0 Å². The van der Waals surface area contributed by atoms with E-state index in [1.54, 1.807) is 41.5 Å². The van der Waals surface area contributed by atoms with E-state index in [9.17, 15) is 14.0 Å². The average Bonchev–Trinajstić information content (AvgIpc) is 2.22. The van der Waals surface area contributed by atoms with Crippen molar-refractivity contribution < 1.29 is 23.5 Å². The monoisotopic (exact) mass is 331 g/mol. The Morgan fingerprint density at radius 1 is 1.09 bits per heavy atom. The zero-order valence-corrected chi connectivity index (χ0v) is 15.1. The van der Waals surface area contributed by atoms with E-state index in [-0.39, 0.29) is 12.8 Å². The van der Waals surface area contributed by atoms with Gasteiger partial charge in [-0.05, 0) is 54.4 Å². The first-order chi connectivity index (χ1) is 10.2. The molecule has 0 saturated heterocycles. The number of esters is 2. The van der Waals surface area contributed by atoms with Crippen LogP contribution >= 0.6 is 0 Å². The third-order valence-corrected chi connectivity index (χ3v) is 2.72. The molecule has 0 aromatic carbocycles. The second-order valence-corrected chi connectivity index (χ2v) is 7.64. The second-order valence-electron chi connectivity index (χ2n) is 7.64. The molecule has 0 radical (unpaired) electrons. The van der Waals surface area contributed by atoms with Crippen LogP contribution in [-0.4, -0.2) is 29.4 Å². The fourth-order valence-corrected chi connectivity index (χ4v) is 1.81. The molecule has 0 aliphatic carbocycles. The van der Waals surface area contributed by atoms with E-state index in [0.29, 0.717) is 12.0 Å². The molecule has 2 N–H and O–H groups in total. The van der Waals surface area contributed by atoms with Crippen LogP contribution in [0.15, 0.2) is 12.2 Å². The summed E-state index contributed by atoms with van der Waals surface area (Å²) in [6.45, 7) is 14.2. The zero-order chi connectivity index (χ0) is 18.4. The Balaban J connectivity index is 4.50. The summed E-state index contributed by atoms with van der Waals surface area (Å²) in [7, 11) is 0. The summed E-state index contributed by atoms with van der Waals surface area (Å²) in [4.78, 5) is 23.7. The van der Waals surface area contributed by atoms with Crippen LogP contribution in [0.4, 0.5) is 4.39 Å². The Morgan fingerprint density at radius 2 is 1.57 bits per heavy atom. The number of alkyl halides is 1. The van der Waals surface area contributed by atoms with Gasteiger partial charge in [0.25, 0.3) is 0 Å². The van der Waals surface area contributed by atoms with Gasteiger partial charge in [0.1, 0.15) is 17.1 Å². The van der Waals surface area contributed by atoms with E-state index in [1.165, 1.54) is 0 Å². The summed E-state index contributed by atoms with van der Waals surface area (Å²) >= 11 is 0. The molecule has 0 amide bonds. The lowest BCUT2D eigenvalue weighted by Crippen LogP contribution is -2.37. The number of ether oxygens (including phenoxy) is 2. The molecule has 0 spiro atoms. The van der Waals surface area contributed by atoms with Crippen molar-refractivity contribution in [2.24, 2.45) is 11.7 Å². The molecule has 0 saturated carbocycles. The highest BCUT2D eigenvalue weighted by atomic mass is 19.1. The zero-order valence-electron chi connectivity index (χ0n) is 15.1. The highest BCUT2D eigenvalue weighted by molar-refractivity contribution is 5.74. The third kappa shape index (κ3) is 10.8. The molecule has 6 heteroatoms. The minimum absolute atomic E-state index is 0.0276. The molecule has 0 rings (SSSR count). The fourth-order valence-electron chi connectivity index (χ4n) is 1.81. The second kappa shape index (κ2) is 8.43. The van der Waals surface area contributed by atoms with Crippen LogP contribution in [0.25, 0.3) is 0 Å². The lowest BCUT2D eigenvalue weighted by Gasteiger charge is -2.24. The van der Waals surface area contributed by atoms with Crippen molar-refractivity contribution in [3.05, 3.63) is 12.2 Å². The lowest BCUT2D eigenvalue weighted by molar-refractivity contribution is -0.162. The smallest absolute Gasteiger partial charge is 0.313 e. The molecule has 23 heavy (non-hydrogen) atoms. The molecule has 0 bridgehead atoms. The van der Waals surface area contributed by atoms with Crippen molar-refractivity contribution in [1.29, 1.82) is 0 Å². The van der Waals surface area contributed by atoms with Gasteiger partial charge in [-0.15, -0.1) is 0 Å². The molecular weight excluding hydrogens is 301 g/mol. The van der Waals surface area contributed by atoms with E-state index in [4.69, 9.17) is 15.2 Å². The van der Waals surface area contributed by atoms with E-state index in [1.807, 2.05) is 0 Å². The van der Waals surface area contributed by atoms with Crippen molar-refractivity contribution >= 4 is 11.9 Å². The molecule has 0 aromatic rings. The first kappa shape index (κ1) is 21.6. The Morgan fingerprint density at radius 3 is 1.96 bits per heavy atom. The Labute approximate surface area is 138 Å². The summed E-state index contributed by atoms with van der Waals surface area (Å²) in [5.41, 5.74) is 4.52. The first-order valence-electron chi connectivity index (χ1n) is 7.72. The highest BCUT2D eigenvalue weighted by Gasteiger charge is 2.30. The topological polar surface area (TPSA) is 78.6 Å². The number of nitrogens with two attached hydrogens (primary N) is 1. The molecule has 2 atom stereocenters. The number of carbonyl (C=O) groups excluding carboxylic acids is 2. The molecule has 0 heterocycles. The minimum atomic E-state index is -1.82. The van der Waals surface area contributed by atoms with Crippen molar-refractivity contribution in [3.8, 4) is 0 Å². The molecule has 0 aromatic heterocycles. The Kier molecular flexibility index (Phi) is 7.91. The minimum Gasteiger partial charge on any atom is -0.460 e. The Hall–Kier alpha value is -1.43. The number of halogens is 1. The van der Waals surface area contributed by atoms with Crippen LogP contribution in [-0.2, 0) is 19.1 Å². The van der Waals surface area contributed by atoms with Crippen molar-refractivity contribution in [2.75, 3.05) is 0 Å². The van der Waals surface area contributed by atoms with Crippen LogP contribution in [0.5, 0.6) is 0 Å². The Bertz CT molecular complexity index is 433. The fraction of sp³-hybridized carbons (Fsp3) is 0.765. The van der Waals surface area contributed by atoms with Gasteiger partial charge in [-0.3, -0.25) is 9.59 Å². The molecule has 134 valence electrons.